The average Bonchev–Trinajstić information content (AvgIpc) is 3.66. The number of hydroxylamine groups is 1. The molecule has 0 unspecified atom stereocenters. The number of anilines is 2. The zero-order valence-corrected chi connectivity index (χ0v) is 24.2. The number of benzene rings is 2. The van der Waals surface area contributed by atoms with Crippen molar-refractivity contribution in [1.82, 2.24) is 25.2 Å². The summed E-state index contributed by atoms with van der Waals surface area (Å²) in [5.41, 5.74) is 3.84. The fourth-order valence-electron chi connectivity index (χ4n) is 4.33. The Kier molecular flexibility index (Phi) is 10.4. The van der Waals surface area contributed by atoms with Crippen LogP contribution in [0.15, 0.2) is 35.1 Å². The first-order chi connectivity index (χ1) is 18.5. The van der Waals surface area contributed by atoms with E-state index in [1.165, 1.54) is 0 Å². The standard InChI is InChI=1S/C25H29BrClFN6O2.C2H6/c26-17-4-5-20(19(27)12-17)31-23-18(25(35)32-36-14-16-2-3-16)13-21-24(22(23)28)30-15-34(21)9-1-8-33-10-6-29-7-11-33;1-2/h4-5,12-13,15-16,29,31H,1-3,6-11,14H2,(H,32,35);1-2H3. The molecule has 1 saturated carbocycles. The number of rotatable bonds is 10. The van der Waals surface area contributed by atoms with Gasteiger partial charge in [-0.1, -0.05) is 41.4 Å². The maximum atomic E-state index is 15.8. The van der Waals surface area contributed by atoms with Crippen LogP contribution in [0.1, 0.15) is 43.5 Å². The first kappa shape index (κ1) is 28.8. The maximum Gasteiger partial charge on any atom is 0.277 e. The van der Waals surface area contributed by atoms with Crippen molar-refractivity contribution in [3.63, 3.8) is 0 Å². The van der Waals surface area contributed by atoms with Gasteiger partial charge in [0.2, 0.25) is 0 Å². The smallest absolute Gasteiger partial charge is 0.277 e. The minimum atomic E-state index is -0.611. The van der Waals surface area contributed by atoms with Crippen molar-refractivity contribution >= 4 is 55.8 Å². The van der Waals surface area contributed by atoms with E-state index in [-0.39, 0.29) is 16.8 Å². The van der Waals surface area contributed by atoms with Gasteiger partial charge in [-0.15, -0.1) is 0 Å². The van der Waals surface area contributed by atoms with Gasteiger partial charge in [0.05, 0.1) is 40.4 Å². The van der Waals surface area contributed by atoms with E-state index in [9.17, 15) is 4.79 Å². The highest BCUT2D eigenvalue weighted by molar-refractivity contribution is 9.10. The molecule has 3 N–H and O–H groups in total. The molecule has 0 atom stereocenters. The number of piperazine rings is 1. The second kappa shape index (κ2) is 13.7. The fourth-order valence-corrected chi connectivity index (χ4v) is 5.05. The van der Waals surface area contributed by atoms with Crippen LogP contribution in [0.25, 0.3) is 11.0 Å². The number of amides is 1. The van der Waals surface area contributed by atoms with E-state index < -0.39 is 11.7 Å². The first-order valence-electron chi connectivity index (χ1n) is 13.2. The van der Waals surface area contributed by atoms with Crippen molar-refractivity contribution in [3.8, 4) is 0 Å². The van der Waals surface area contributed by atoms with Crippen LogP contribution in [-0.4, -0.2) is 59.7 Å². The Hall–Kier alpha value is -2.24. The van der Waals surface area contributed by atoms with E-state index in [1.807, 2.05) is 18.4 Å². The van der Waals surface area contributed by atoms with Gasteiger partial charge in [0.1, 0.15) is 5.52 Å². The van der Waals surface area contributed by atoms with Crippen LogP contribution in [0.4, 0.5) is 15.8 Å². The summed E-state index contributed by atoms with van der Waals surface area (Å²) in [6, 6.07) is 6.87. The SMILES string of the molecule is CC.O=C(NOCC1CC1)c1cc2c(ncn2CCCN2CCNCC2)c(F)c1Nc1ccc(Br)cc1Cl. The lowest BCUT2D eigenvalue weighted by Gasteiger charge is -2.27. The molecule has 3 aromatic rings. The van der Waals surface area contributed by atoms with Crippen molar-refractivity contribution in [2.75, 3.05) is 44.6 Å². The van der Waals surface area contributed by atoms with Crippen LogP contribution in [-0.2, 0) is 11.4 Å². The van der Waals surface area contributed by atoms with Crippen LogP contribution in [0.3, 0.4) is 0 Å². The number of halogens is 3. The summed E-state index contributed by atoms with van der Waals surface area (Å²) in [6.45, 7) is 10.1. The topological polar surface area (TPSA) is 83.5 Å². The largest absolute Gasteiger partial charge is 0.351 e. The molecular formula is C27H35BrClFN6O2. The molecule has 11 heteroatoms. The van der Waals surface area contributed by atoms with Crippen molar-refractivity contribution in [2.45, 2.75) is 39.7 Å². The molecule has 1 saturated heterocycles. The van der Waals surface area contributed by atoms with E-state index in [0.29, 0.717) is 35.3 Å². The molecular weight excluding hydrogens is 575 g/mol. The third-order valence-electron chi connectivity index (χ3n) is 6.56. The lowest BCUT2D eigenvalue weighted by Crippen LogP contribution is -2.43. The van der Waals surface area contributed by atoms with E-state index in [0.717, 1.165) is 56.5 Å². The van der Waals surface area contributed by atoms with Gasteiger partial charge in [0.15, 0.2) is 5.82 Å². The highest BCUT2D eigenvalue weighted by atomic mass is 79.9. The number of nitrogens with one attached hydrogen (secondary N) is 3. The Morgan fingerprint density at radius 2 is 2.00 bits per heavy atom. The molecule has 2 aliphatic rings. The first-order valence-corrected chi connectivity index (χ1v) is 14.4. The number of aromatic nitrogens is 2. The molecule has 2 fully saturated rings. The normalized spacial score (nSPS) is 15.7. The summed E-state index contributed by atoms with van der Waals surface area (Å²) >= 11 is 9.74. The van der Waals surface area contributed by atoms with Crippen LogP contribution >= 0.6 is 27.5 Å². The summed E-state index contributed by atoms with van der Waals surface area (Å²) in [6.07, 6.45) is 4.72. The minimum absolute atomic E-state index is 0.00492. The number of aryl methyl sites for hydroxylation is 1. The quantitative estimate of drug-likeness (QED) is 0.255. The molecule has 5 rings (SSSR count). The molecule has 1 aliphatic carbocycles. The molecule has 0 bridgehead atoms. The second-order valence-electron chi connectivity index (χ2n) is 9.30. The number of carbonyl (C=O) groups is 1. The zero-order chi connectivity index (χ0) is 27.1. The van der Waals surface area contributed by atoms with E-state index in [4.69, 9.17) is 16.4 Å². The fraction of sp³-hybridized carbons (Fsp3) is 0.481. The lowest BCUT2D eigenvalue weighted by atomic mass is 10.1. The minimum Gasteiger partial charge on any atom is -0.351 e. The third kappa shape index (κ3) is 7.24. The summed E-state index contributed by atoms with van der Waals surface area (Å²) in [7, 11) is 0. The predicted octanol–water partition coefficient (Wildman–Crippen LogP) is 5.73. The van der Waals surface area contributed by atoms with Gasteiger partial charge in [-0.3, -0.25) is 9.63 Å². The number of nitrogens with zero attached hydrogens (tertiary/aromatic N) is 3. The number of carbonyl (C=O) groups excluding carboxylic acids is 1. The Labute approximate surface area is 236 Å². The summed E-state index contributed by atoms with van der Waals surface area (Å²) in [5.74, 6) is -0.666. The molecule has 206 valence electrons. The van der Waals surface area contributed by atoms with Gasteiger partial charge >= 0.3 is 0 Å². The number of fused-ring (bicyclic) bond motifs is 1. The van der Waals surface area contributed by atoms with Crippen molar-refractivity contribution in [2.24, 2.45) is 5.92 Å². The van der Waals surface area contributed by atoms with Crippen molar-refractivity contribution < 1.29 is 14.0 Å². The summed E-state index contributed by atoms with van der Waals surface area (Å²) in [5, 5.41) is 6.75. The van der Waals surface area contributed by atoms with Gasteiger partial charge in [-0.2, -0.15) is 0 Å². The van der Waals surface area contributed by atoms with Crippen molar-refractivity contribution in [3.05, 3.63) is 51.5 Å². The lowest BCUT2D eigenvalue weighted by molar-refractivity contribution is 0.0271. The molecule has 2 heterocycles. The van der Waals surface area contributed by atoms with Crippen LogP contribution in [0.2, 0.25) is 5.02 Å². The van der Waals surface area contributed by atoms with E-state index in [1.54, 1.807) is 30.6 Å². The highest BCUT2D eigenvalue weighted by Gasteiger charge is 2.25. The molecule has 38 heavy (non-hydrogen) atoms. The molecule has 8 nitrogen and oxygen atoms in total. The van der Waals surface area contributed by atoms with Crippen LogP contribution < -0.4 is 16.1 Å². The molecule has 2 aromatic carbocycles. The Bertz CT molecular complexity index is 1250. The Morgan fingerprint density at radius 1 is 1.24 bits per heavy atom. The maximum absolute atomic E-state index is 15.8. The molecule has 0 spiro atoms. The van der Waals surface area contributed by atoms with Crippen LogP contribution in [0, 0.1) is 11.7 Å². The molecule has 1 aliphatic heterocycles. The van der Waals surface area contributed by atoms with Gasteiger partial charge in [-0.05, 0) is 56.0 Å². The van der Waals surface area contributed by atoms with Crippen LogP contribution in [0.5, 0.6) is 0 Å². The Morgan fingerprint density at radius 3 is 2.71 bits per heavy atom. The average molecular weight is 610 g/mol. The predicted molar refractivity (Wildman–Crippen MR) is 154 cm³/mol. The number of imidazole rings is 1. The van der Waals surface area contributed by atoms with E-state index >= 15 is 4.39 Å². The molecule has 1 amide bonds. The number of hydrogen-bond acceptors (Lipinski definition) is 6. The van der Waals surface area contributed by atoms with Gasteiger partial charge in [0, 0.05) is 37.2 Å². The monoisotopic (exact) mass is 608 g/mol. The van der Waals surface area contributed by atoms with Gasteiger partial charge < -0.3 is 20.1 Å². The van der Waals surface area contributed by atoms with Gasteiger partial charge in [0.25, 0.3) is 5.91 Å². The summed E-state index contributed by atoms with van der Waals surface area (Å²) in [4.78, 5) is 25.3. The van der Waals surface area contributed by atoms with Crippen molar-refractivity contribution in [1.29, 1.82) is 0 Å². The van der Waals surface area contributed by atoms with Gasteiger partial charge in [-0.25, -0.2) is 14.9 Å². The Balaban J connectivity index is 0.00000164. The summed E-state index contributed by atoms with van der Waals surface area (Å²) < 4.78 is 18.5. The third-order valence-corrected chi connectivity index (χ3v) is 7.36. The molecule has 1 aromatic heterocycles. The van der Waals surface area contributed by atoms with E-state index in [2.05, 4.69) is 41.9 Å². The second-order valence-corrected chi connectivity index (χ2v) is 10.6. The highest BCUT2D eigenvalue weighted by Crippen LogP contribution is 2.34. The number of hydrogen-bond donors (Lipinski definition) is 3. The molecule has 0 radical (unpaired) electrons. The zero-order valence-electron chi connectivity index (χ0n) is 21.8.